The first-order valence-corrected chi connectivity index (χ1v) is 7.05. The predicted molar refractivity (Wildman–Crippen MR) is 91.4 cm³/mol. The minimum Gasteiger partial charge on any atom is -0.389 e. The number of amides is 2. The van der Waals surface area contributed by atoms with E-state index in [1.165, 1.54) is 0 Å². The van der Waals surface area contributed by atoms with Gasteiger partial charge in [-0.25, -0.2) is 4.79 Å². The van der Waals surface area contributed by atoms with E-state index >= 15 is 0 Å². The van der Waals surface area contributed by atoms with Crippen molar-refractivity contribution in [3.63, 3.8) is 0 Å². The molecule has 7 heteroatoms. The second-order valence-electron chi connectivity index (χ2n) is 4.14. The average Bonchev–Trinajstić information content (AvgIpc) is 2.43. The van der Waals surface area contributed by atoms with Gasteiger partial charge in [-0.05, 0) is 42.5 Å². The molecular weight excluding hydrogens is 329 g/mol. The van der Waals surface area contributed by atoms with Crippen molar-refractivity contribution in [1.29, 1.82) is 0 Å². The van der Waals surface area contributed by atoms with Crippen molar-refractivity contribution >= 4 is 57.8 Å². The van der Waals surface area contributed by atoms with Gasteiger partial charge in [0.25, 0.3) is 0 Å². The van der Waals surface area contributed by atoms with Crippen LogP contribution in [0.4, 0.5) is 16.2 Å². The molecule has 0 radical (unpaired) electrons. The van der Waals surface area contributed by atoms with Gasteiger partial charge >= 0.3 is 6.03 Å². The van der Waals surface area contributed by atoms with Crippen molar-refractivity contribution in [2.75, 3.05) is 10.6 Å². The van der Waals surface area contributed by atoms with Crippen molar-refractivity contribution in [3.8, 4) is 0 Å². The van der Waals surface area contributed by atoms with Crippen LogP contribution in [-0.2, 0) is 0 Å². The summed E-state index contributed by atoms with van der Waals surface area (Å²) in [5.41, 5.74) is 7.23. The van der Waals surface area contributed by atoms with E-state index in [1.54, 1.807) is 42.5 Å². The Kier molecular flexibility index (Phi) is 5.01. The lowest BCUT2D eigenvalue weighted by Crippen LogP contribution is -2.19. The Morgan fingerprint density at radius 1 is 1.05 bits per heavy atom. The van der Waals surface area contributed by atoms with Crippen LogP contribution < -0.4 is 16.4 Å². The number of thiocarbonyl (C=S) groups is 1. The van der Waals surface area contributed by atoms with E-state index in [1.807, 2.05) is 0 Å². The predicted octanol–water partition coefficient (Wildman–Crippen LogP) is 4.27. The number of carbonyl (C=O) groups excluding carboxylic acids is 1. The number of hydrogen-bond donors (Lipinski definition) is 3. The Morgan fingerprint density at radius 3 is 2.29 bits per heavy atom. The van der Waals surface area contributed by atoms with E-state index in [0.29, 0.717) is 27.0 Å². The van der Waals surface area contributed by atoms with Crippen LogP contribution in [0.2, 0.25) is 10.0 Å². The fourth-order valence-electron chi connectivity index (χ4n) is 1.59. The average molecular weight is 340 g/mol. The molecule has 0 aromatic heterocycles. The van der Waals surface area contributed by atoms with Crippen LogP contribution in [0.1, 0.15) is 5.56 Å². The summed E-state index contributed by atoms with van der Waals surface area (Å²) in [7, 11) is 0. The standard InChI is InChI=1S/C14H11Cl2N3OS/c15-9-2-4-10(5-3-9)18-14(20)19-12-6-1-8(13(17)21)7-11(12)16/h1-7H,(H2,17,21)(H2,18,19,20). The number of nitrogens with one attached hydrogen (secondary N) is 2. The molecule has 4 nitrogen and oxygen atoms in total. The largest absolute Gasteiger partial charge is 0.389 e. The maximum atomic E-state index is 11.9. The fourth-order valence-corrected chi connectivity index (χ4v) is 2.07. The first-order valence-electron chi connectivity index (χ1n) is 5.88. The summed E-state index contributed by atoms with van der Waals surface area (Å²) >= 11 is 16.7. The number of rotatable bonds is 3. The molecule has 21 heavy (non-hydrogen) atoms. The van der Waals surface area contributed by atoms with Gasteiger partial charge in [-0.1, -0.05) is 35.4 Å². The molecule has 0 heterocycles. The number of nitrogens with two attached hydrogens (primary N) is 1. The number of halogens is 2. The van der Waals surface area contributed by atoms with Gasteiger partial charge in [0.2, 0.25) is 0 Å². The maximum Gasteiger partial charge on any atom is 0.323 e. The third-order valence-corrected chi connectivity index (χ3v) is 3.40. The number of anilines is 2. The van der Waals surface area contributed by atoms with Gasteiger partial charge in [-0.2, -0.15) is 0 Å². The summed E-state index contributed by atoms with van der Waals surface area (Å²) in [6.07, 6.45) is 0. The zero-order valence-electron chi connectivity index (χ0n) is 10.7. The molecule has 2 amide bonds. The van der Waals surface area contributed by atoms with Gasteiger partial charge in [0.1, 0.15) is 4.99 Å². The van der Waals surface area contributed by atoms with E-state index in [2.05, 4.69) is 10.6 Å². The second-order valence-corrected chi connectivity index (χ2v) is 5.43. The van der Waals surface area contributed by atoms with Crippen LogP contribution in [0.3, 0.4) is 0 Å². The highest BCUT2D eigenvalue weighted by molar-refractivity contribution is 7.80. The van der Waals surface area contributed by atoms with Crippen molar-refractivity contribution < 1.29 is 4.79 Å². The number of urea groups is 1. The zero-order chi connectivity index (χ0) is 15.4. The van der Waals surface area contributed by atoms with Crippen molar-refractivity contribution in [2.45, 2.75) is 0 Å². The Hall–Kier alpha value is -1.82. The molecule has 0 unspecified atom stereocenters. The van der Waals surface area contributed by atoms with E-state index < -0.39 is 6.03 Å². The molecule has 0 saturated heterocycles. The summed E-state index contributed by atoms with van der Waals surface area (Å²) in [6.45, 7) is 0. The van der Waals surface area contributed by atoms with Gasteiger partial charge in [0.15, 0.2) is 0 Å². The smallest absolute Gasteiger partial charge is 0.323 e. The highest BCUT2D eigenvalue weighted by Gasteiger charge is 2.07. The Labute approximate surface area is 137 Å². The van der Waals surface area contributed by atoms with Crippen molar-refractivity contribution in [3.05, 3.63) is 58.1 Å². The molecule has 0 aliphatic rings. The molecule has 0 aliphatic heterocycles. The lowest BCUT2D eigenvalue weighted by molar-refractivity contribution is 0.262. The molecule has 2 rings (SSSR count). The highest BCUT2D eigenvalue weighted by atomic mass is 35.5. The zero-order valence-corrected chi connectivity index (χ0v) is 13.0. The first kappa shape index (κ1) is 15.6. The lowest BCUT2D eigenvalue weighted by Gasteiger charge is -2.10. The third kappa shape index (κ3) is 4.32. The Balaban J connectivity index is 2.06. The molecule has 0 fully saturated rings. The van der Waals surface area contributed by atoms with Gasteiger partial charge < -0.3 is 16.4 Å². The highest BCUT2D eigenvalue weighted by Crippen LogP contribution is 2.23. The van der Waals surface area contributed by atoms with E-state index in [4.69, 9.17) is 41.2 Å². The number of benzene rings is 2. The van der Waals surface area contributed by atoms with Crippen LogP contribution in [0, 0.1) is 0 Å². The van der Waals surface area contributed by atoms with Crippen LogP contribution >= 0.6 is 35.4 Å². The van der Waals surface area contributed by atoms with Gasteiger partial charge in [0.05, 0.1) is 10.7 Å². The monoisotopic (exact) mass is 339 g/mol. The van der Waals surface area contributed by atoms with Crippen LogP contribution in [0.15, 0.2) is 42.5 Å². The number of hydrogen-bond acceptors (Lipinski definition) is 2. The van der Waals surface area contributed by atoms with E-state index in [-0.39, 0.29) is 4.99 Å². The van der Waals surface area contributed by atoms with Crippen molar-refractivity contribution in [2.24, 2.45) is 5.73 Å². The third-order valence-electron chi connectivity index (χ3n) is 2.60. The normalized spacial score (nSPS) is 10.0. The van der Waals surface area contributed by atoms with Crippen LogP contribution in [0.5, 0.6) is 0 Å². The molecule has 2 aromatic rings. The molecule has 108 valence electrons. The molecule has 0 aliphatic carbocycles. The minimum absolute atomic E-state index is 0.245. The summed E-state index contributed by atoms with van der Waals surface area (Å²) in [5, 5.41) is 6.25. The summed E-state index contributed by atoms with van der Waals surface area (Å²) in [6, 6.07) is 11.3. The summed E-state index contributed by atoms with van der Waals surface area (Å²) in [4.78, 5) is 12.1. The molecule has 2 aromatic carbocycles. The van der Waals surface area contributed by atoms with Crippen LogP contribution in [-0.4, -0.2) is 11.0 Å². The molecule has 0 atom stereocenters. The van der Waals surface area contributed by atoms with E-state index in [0.717, 1.165) is 0 Å². The fraction of sp³-hybridized carbons (Fsp3) is 0. The first-order chi connectivity index (χ1) is 9.95. The lowest BCUT2D eigenvalue weighted by atomic mass is 10.2. The van der Waals surface area contributed by atoms with E-state index in [9.17, 15) is 4.79 Å². The molecular formula is C14H11Cl2N3OS. The van der Waals surface area contributed by atoms with Gasteiger partial charge in [-0.3, -0.25) is 0 Å². The topological polar surface area (TPSA) is 67.1 Å². The Morgan fingerprint density at radius 2 is 1.71 bits per heavy atom. The SMILES string of the molecule is NC(=S)c1ccc(NC(=O)Nc2ccc(Cl)cc2)c(Cl)c1. The Bertz CT molecular complexity index is 689. The quantitative estimate of drug-likeness (QED) is 0.731. The minimum atomic E-state index is -0.415. The molecule has 4 N–H and O–H groups in total. The summed E-state index contributed by atoms with van der Waals surface area (Å²) in [5.74, 6) is 0. The molecule has 0 bridgehead atoms. The van der Waals surface area contributed by atoms with Crippen LogP contribution in [0.25, 0.3) is 0 Å². The molecule has 0 spiro atoms. The number of carbonyl (C=O) groups is 1. The summed E-state index contributed by atoms with van der Waals surface area (Å²) < 4.78 is 0. The van der Waals surface area contributed by atoms with Gasteiger partial charge in [-0.15, -0.1) is 0 Å². The molecule has 0 saturated carbocycles. The maximum absolute atomic E-state index is 11.9. The second kappa shape index (κ2) is 6.76. The van der Waals surface area contributed by atoms with Gasteiger partial charge in [0, 0.05) is 16.3 Å². The van der Waals surface area contributed by atoms with Crippen molar-refractivity contribution in [1.82, 2.24) is 0 Å².